The number of rotatable bonds is 5. The van der Waals surface area contributed by atoms with Crippen molar-refractivity contribution in [3.05, 3.63) is 48.3 Å². The van der Waals surface area contributed by atoms with Gasteiger partial charge >= 0.3 is 0 Å². The van der Waals surface area contributed by atoms with Gasteiger partial charge in [-0.2, -0.15) is 5.10 Å². The molecular weight excluding hydrogens is 210 g/mol. The fraction of sp³-hybridized carbons (Fsp3) is 0.357. The predicted octanol–water partition coefficient (Wildman–Crippen LogP) is 2.93. The van der Waals surface area contributed by atoms with E-state index >= 15 is 0 Å². The van der Waals surface area contributed by atoms with E-state index in [0.29, 0.717) is 6.04 Å². The monoisotopic (exact) mass is 229 g/mol. The summed E-state index contributed by atoms with van der Waals surface area (Å²) in [5.41, 5.74) is 2.41. The lowest BCUT2D eigenvalue weighted by atomic mass is 10.1. The molecule has 3 nitrogen and oxygen atoms in total. The van der Waals surface area contributed by atoms with Gasteiger partial charge in [0.25, 0.3) is 0 Å². The van der Waals surface area contributed by atoms with Gasteiger partial charge in [0.05, 0.1) is 5.69 Å². The van der Waals surface area contributed by atoms with Gasteiger partial charge < -0.3 is 5.32 Å². The molecule has 2 aromatic rings. The van der Waals surface area contributed by atoms with Crippen LogP contribution in [0.1, 0.15) is 31.9 Å². The molecule has 0 amide bonds. The normalized spacial score (nSPS) is 12.6. The van der Waals surface area contributed by atoms with Crippen LogP contribution in [0.25, 0.3) is 5.69 Å². The van der Waals surface area contributed by atoms with E-state index in [0.717, 1.165) is 18.7 Å². The van der Waals surface area contributed by atoms with E-state index in [4.69, 9.17) is 0 Å². The Hall–Kier alpha value is -1.61. The summed E-state index contributed by atoms with van der Waals surface area (Å²) >= 11 is 0. The predicted molar refractivity (Wildman–Crippen MR) is 70.3 cm³/mol. The average Bonchev–Trinajstić information content (AvgIpc) is 2.90. The first-order chi connectivity index (χ1) is 8.31. The van der Waals surface area contributed by atoms with Crippen LogP contribution in [0.3, 0.4) is 0 Å². The van der Waals surface area contributed by atoms with Crippen molar-refractivity contribution in [1.82, 2.24) is 15.1 Å². The maximum Gasteiger partial charge on any atom is 0.0648 e. The Morgan fingerprint density at radius 3 is 2.94 bits per heavy atom. The molecule has 0 radical (unpaired) electrons. The first kappa shape index (κ1) is 11.9. The minimum Gasteiger partial charge on any atom is -0.310 e. The molecule has 90 valence electrons. The van der Waals surface area contributed by atoms with Crippen LogP contribution in [0.4, 0.5) is 0 Å². The van der Waals surface area contributed by atoms with E-state index in [1.807, 2.05) is 16.9 Å². The van der Waals surface area contributed by atoms with E-state index in [1.165, 1.54) is 5.56 Å². The fourth-order valence-electron chi connectivity index (χ4n) is 1.84. The fourth-order valence-corrected chi connectivity index (χ4v) is 1.84. The van der Waals surface area contributed by atoms with E-state index in [-0.39, 0.29) is 0 Å². The molecule has 17 heavy (non-hydrogen) atoms. The molecule has 1 atom stereocenters. The Kier molecular flexibility index (Phi) is 3.94. The van der Waals surface area contributed by atoms with Crippen LogP contribution in [0.15, 0.2) is 42.7 Å². The van der Waals surface area contributed by atoms with Crippen LogP contribution in [0.2, 0.25) is 0 Å². The zero-order valence-electron chi connectivity index (χ0n) is 10.4. The molecule has 1 aromatic heterocycles. The second-order valence-corrected chi connectivity index (χ2v) is 4.22. The highest BCUT2D eigenvalue weighted by Crippen LogP contribution is 2.16. The van der Waals surface area contributed by atoms with Crippen LogP contribution in [-0.4, -0.2) is 16.3 Å². The Balaban J connectivity index is 2.17. The van der Waals surface area contributed by atoms with Crippen molar-refractivity contribution in [3.8, 4) is 5.69 Å². The zero-order chi connectivity index (χ0) is 12.1. The van der Waals surface area contributed by atoms with Gasteiger partial charge in [0, 0.05) is 18.4 Å². The van der Waals surface area contributed by atoms with Gasteiger partial charge in [-0.3, -0.25) is 0 Å². The van der Waals surface area contributed by atoms with Crippen molar-refractivity contribution < 1.29 is 0 Å². The summed E-state index contributed by atoms with van der Waals surface area (Å²) in [4.78, 5) is 0. The summed E-state index contributed by atoms with van der Waals surface area (Å²) in [5.74, 6) is 0. The van der Waals surface area contributed by atoms with Crippen molar-refractivity contribution in [2.75, 3.05) is 6.54 Å². The van der Waals surface area contributed by atoms with Gasteiger partial charge in [-0.1, -0.05) is 19.1 Å². The van der Waals surface area contributed by atoms with Gasteiger partial charge in [-0.25, -0.2) is 4.68 Å². The lowest BCUT2D eigenvalue weighted by molar-refractivity contribution is 0.570. The first-order valence-electron chi connectivity index (χ1n) is 6.14. The second kappa shape index (κ2) is 5.64. The molecule has 0 aliphatic rings. The summed E-state index contributed by atoms with van der Waals surface area (Å²) in [6.07, 6.45) is 4.91. The van der Waals surface area contributed by atoms with E-state index < -0.39 is 0 Å². The van der Waals surface area contributed by atoms with Crippen LogP contribution in [-0.2, 0) is 0 Å². The molecule has 0 saturated heterocycles. The molecule has 0 fully saturated rings. The molecule has 2 rings (SSSR count). The summed E-state index contributed by atoms with van der Waals surface area (Å²) < 4.78 is 1.88. The molecule has 1 aromatic carbocycles. The van der Waals surface area contributed by atoms with Crippen LogP contribution in [0.5, 0.6) is 0 Å². The quantitative estimate of drug-likeness (QED) is 0.854. The number of aromatic nitrogens is 2. The lowest BCUT2D eigenvalue weighted by Gasteiger charge is -2.14. The number of nitrogens with zero attached hydrogens (tertiary/aromatic N) is 2. The molecule has 3 heteroatoms. The van der Waals surface area contributed by atoms with Crippen molar-refractivity contribution in [2.45, 2.75) is 26.3 Å². The van der Waals surface area contributed by atoms with Gasteiger partial charge in [-0.15, -0.1) is 0 Å². The largest absolute Gasteiger partial charge is 0.310 e. The van der Waals surface area contributed by atoms with Crippen molar-refractivity contribution in [2.24, 2.45) is 0 Å². The van der Waals surface area contributed by atoms with Crippen LogP contribution < -0.4 is 5.32 Å². The van der Waals surface area contributed by atoms with Gasteiger partial charge in [0.2, 0.25) is 0 Å². The third kappa shape index (κ3) is 2.94. The van der Waals surface area contributed by atoms with Gasteiger partial charge in [-0.05, 0) is 43.7 Å². The van der Waals surface area contributed by atoms with E-state index in [9.17, 15) is 0 Å². The highest BCUT2D eigenvalue weighted by molar-refractivity contribution is 5.36. The minimum atomic E-state index is 0.380. The molecular formula is C14H19N3. The molecule has 1 heterocycles. The smallest absolute Gasteiger partial charge is 0.0648 e. The Bertz CT molecular complexity index is 448. The van der Waals surface area contributed by atoms with Crippen LogP contribution >= 0.6 is 0 Å². The third-order valence-corrected chi connectivity index (χ3v) is 2.84. The molecule has 0 aliphatic carbocycles. The molecule has 1 N–H and O–H groups in total. The van der Waals surface area contributed by atoms with Crippen LogP contribution in [0, 0.1) is 0 Å². The number of hydrogen-bond donors (Lipinski definition) is 1. The molecule has 0 spiro atoms. The average molecular weight is 229 g/mol. The summed E-state index contributed by atoms with van der Waals surface area (Å²) in [7, 11) is 0. The lowest BCUT2D eigenvalue weighted by Crippen LogP contribution is -2.19. The van der Waals surface area contributed by atoms with Gasteiger partial charge in [0.15, 0.2) is 0 Å². The number of nitrogens with one attached hydrogen (secondary N) is 1. The number of benzene rings is 1. The van der Waals surface area contributed by atoms with E-state index in [1.54, 1.807) is 6.20 Å². The van der Waals surface area contributed by atoms with E-state index in [2.05, 4.69) is 48.5 Å². The first-order valence-corrected chi connectivity index (χ1v) is 6.14. The minimum absolute atomic E-state index is 0.380. The highest BCUT2D eigenvalue weighted by Gasteiger charge is 2.05. The van der Waals surface area contributed by atoms with Gasteiger partial charge in [0.1, 0.15) is 0 Å². The third-order valence-electron chi connectivity index (χ3n) is 2.84. The topological polar surface area (TPSA) is 29.9 Å². The second-order valence-electron chi connectivity index (χ2n) is 4.22. The molecule has 0 bridgehead atoms. The Morgan fingerprint density at radius 2 is 2.24 bits per heavy atom. The molecule has 0 saturated carbocycles. The Morgan fingerprint density at radius 1 is 1.35 bits per heavy atom. The SMILES string of the molecule is CCCNC(C)c1cccc(-n2cccn2)c1. The van der Waals surface area contributed by atoms with Crippen molar-refractivity contribution >= 4 is 0 Å². The maximum atomic E-state index is 4.25. The summed E-state index contributed by atoms with van der Waals surface area (Å²) in [5, 5.41) is 7.74. The maximum absolute atomic E-state index is 4.25. The Labute approximate surface area is 102 Å². The molecule has 0 aliphatic heterocycles. The molecule has 1 unspecified atom stereocenters. The summed E-state index contributed by atoms with van der Waals surface area (Å²) in [6.45, 7) is 5.42. The van der Waals surface area contributed by atoms with Crippen molar-refractivity contribution in [3.63, 3.8) is 0 Å². The van der Waals surface area contributed by atoms with Crippen molar-refractivity contribution in [1.29, 1.82) is 0 Å². The highest BCUT2D eigenvalue weighted by atomic mass is 15.3. The standard InChI is InChI=1S/C14H19N3/c1-3-8-15-12(2)13-6-4-7-14(11-13)17-10-5-9-16-17/h4-7,9-12,15H,3,8H2,1-2H3. The zero-order valence-corrected chi connectivity index (χ0v) is 10.4. The summed E-state index contributed by atoms with van der Waals surface area (Å²) in [6, 6.07) is 10.8. The number of hydrogen-bond acceptors (Lipinski definition) is 2.